The lowest BCUT2D eigenvalue weighted by Gasteiger charge is -2.11. The highest BCUT2D eigenvalue weighted by atomic mass is 16.5. The summed E-state index contributed by atoms with van der Waals surface area (Å²) in [6.45, 7) is 4.05. The number of amides is 1. The molecule has 1 aliphatic rings. The van der Waals surface area contributed by atoms with Gasteiger partial charge < -0.3 is 10.1 Å². The van der Waals surface area contributed by atoms with Crippen molar-refractivity contribution in [1.82, 2.24) is 20.1 Å². The Labute approximate surface area is 169 Å². The SMILES string of the molecule is CC(C)n1ncc2c(C(=O)NCC(=O)OCc3ccccc3)cc(C3CC3)nc21. The van der Waals surface area contributed by atoms with E-state index >= 15 is 0 Å². The van der Waals surface area contributed by atoms with Gasteiger partial charge in [0.15, 0.2) is 5.65 Å². The predicted molar refractivity (Wildman–Crippen MR) is 108 cm³/mol. The van der Waals surface area contributed by atoms with Crippen LogP contribution in [-0.4, -0.2) is 33.2 Å². The molecular formula is C22H24N4O3. The van der Waals surface area contributed by atoms with E-state index in [1.54, 1.807) is 6.20 Å². The molecule has 3 aromatic rings. The highest BCUT2D eigenvalue weighted by Crippen LogP contribution is 2.40. The fourth-order valence-corrected chi connectivity index (χ4v) is 3.23. The third-order valence-electron chi connectivity index (χ3n) is 4.95. The van der Waals surface area contributed by atoms with Crippen LogP contribution >= 0.6 is 0 Å². The largest absolute Gasteiger partial charge is 0.460 e. The number of carbonyl (C=O) groups is 2. The molecule has 1 saturated carbocycles. The van der Waals surface area contributed by atoms with Gasteiger partial charge in [-0.05, 0) is 38.3 Å². The lowest BCUT2D eigenvalue weighted by Crippen LogP contribution is -2.30. The number of hydrogen-bond acceptors (Lipinski definition) is 5. The molecule has 7 heteroatoms. The van der Waals surface area contributed by atoms with Gasteiger partial charge in [0.25, 0.3) is 5.91 Å². The summed E-state index contributed by atoms with van der Waals surface area (Å²) < 4.78 is 7.05. The Hall–Kier alpha value is -3.22. The van der Waals surface area contributed by atoms with Gasteiger partial charge in [-0.15, -0.1) is 0 Å². The first-order chi connectivity index (χ1) is 14.0. The molecule has 0 saturated heterocycles. The second-order valence-corrected chi connectivity index (χ2v) is 7.62. The van der Waals surface area contributed by atoms with Crippen molar-refractivity contribution in [3.63, 3.8) is 0 Å². The van der Waals surface area contributed by atoms with Crippen LogP contribution in [0.4, 0.5) is 0 Å². The van der Waals surface area contributed by atoms with Gasteiger partial charge in [-0.2, -0.15) is 5.10 Å². The Kier molecular flexibility index (Phi) is 5.29. The smallest absolute Gasteiger partial charge is 0.325 e. The van der Waals surface area contributed by atoms with Gasteiger partial charge in [-0.25, -0.2) is 9.67 Å². The summed E-state index contributed by atoms with van der Waals surface area (Å²) in [6.07, 6.45) is 3.84. The van der Waals surface area contributed by atoms with Crippen LogP contribution in [0.1, 0.15) is 60.3 Å². The molecule has 1 N–H and O–H groups in total. The number of nitrogens with zero attached hydrogens (tertiary/aromatic N) is 3. The molecule has 1 amide bonds. The number of carbonyl (C=O) groups excluding carboxylic acids is 2. The number of rotatable bonds is 7. The van der Waals surface area contributed by atoms with Crippen LogP contribution in [0.3, 0.4) is 0 Å². The molecule has 7 nitrogen and oxygen atoms in total. The molecule has 0 unspecified atom stereocenters. The second kappa shape index (κ2) is 8.03. The van der Waals surface area contributed by atoms with E-state index < -0.39 is 5.97 Å². The van der Waals surface area contributed by atoms with Crippen molar-refractivity contribution in [2.24, 2.45) is 0 Å². The number of ether oxygens (including phenoxy) is 1. The molecule has 0 spiro atoms. The molecule has 1 aromatic carbocycles. The fourth-order valence-electron chi connectivity index (χ4n) is 3.23. The van der Waals surface area contributed by atoms with Crippen molar-refractivity contribution in [2.75, 3.05) is 6.54 Å². The first-order valence-electron chi connectivity index (χ1n) is 9.89. The number of nitrogens with one attached hydrogen (secondary N) is 1. The van der Waals surface area contributed by atoms with Crippen LogP contribution < -0.4 is 5.32 Å². The van der Waals surface area contributed by atoms with Crippen LogP contribution in [0.5, 0.6) is 0 Å². The first kappa shape index (κ1) is 19.1. The molecule has 0 atom stereocenters. The Morgan fingerprint density at radius 1 is 1.24 bits per heavy atom. The maximum absolute atomic E-state index is 12.8. The van der Waals surface area contributed by atoms with Crippen molar-refractivity contribution < 1.29 is 14.3 Å². The highest BCUT2D eigenvalue weighted by Gasteiger charge is 2.28. The minimum Gasteiger partial charge on any atom is -0.460 e. The minimum absolute atomic E-state index is 0.137. The van der Waals surface area contributed by atoms with Gasteiger partial charge in [0, 0.05) is 17.7 Å². The van der Waals surface area contributed by atoms with Crippen LogP contribution in [-0.2, 0) is 16.1 Å². The summed E-state index contributed by atoms with van der Waals surface area (Å²) in [5.74, 6) is -0.399. The van der Waals surface area contributed by atoms with E-state index in [1.807, 2.05) is 54.9 Å². The Morgan fingerprint density at radius 2 is 2.00 bits per heavy atom. The van der Waals surface area contributed by atoms with Crippen LogP contribution in [0.25, 0.3) is 11.0 Å². The molecule has 1 aliphatic carbocycles. The first-order valence-corrected chi connectivity index (χ1v) is 9.89. The molecule has 150 valence electrons. The normalized spacial score (nSPS) is 13.6. The Morgan fingerprint density at radius 3 is 2.69 bits per heavy atom. The van der Waals surface area contributed by atoms with Crippen LogP contribution in [0, 0.1) is 0 Å². The molecule has 0 radical (unpaired) electrons. The fraction of sp³-hybridized carbons (Fsp3) is 0.364. The summed E-state index contributed by atoms with van der Waals surface area (Å²) in [5, 5.41) is 7.77. The standard InChI is InChI=1S/C22H24N4O3/c1-14(2)26-21-18(11-24-26)17(10-19(25-21)16-8-9-16)22(28)23-12-20(27)29-13-15-6-4-3-5-7-15/h3-7,10-11,14,16H,8-9,12-13H2,1-2H3,(H,23,28). The minimum atomic E-state index is -0.479. The lowest BCUT2D eigenvalue weighted by molar-refractivity contribution is -0.143. The average molecular weight is 392 g/mol. The number of aromatic nitrogens is 3. The maximum atomic E-state index is 12.8. The van der Waals surface area contributed by atoms with Gasteiger partial charge in [-0.1, -0.05) is 30.3 Å². The van der Waals surface area contributed by atoms with E-state index in [9.17, 15) is 9.59 Å². The Balaban J connectivity index is 1.47. The monoisotopic (exact) mass is 392 g/mol. The van der Waals surface area contributed by atoms with Gasteiger partial charge in [-0.3, -0.25) is 9.59 Å². The van der Waals surface area contributed by atoms with E-state index in [2.05, 4.69) is 10.4 Å². The Bertz CT molecular complexity index is 1040. The maximum Gasteiger partial charge on any atom is 0.325 e. The molecule has 29 heavy (non-hydrogen) atoms. The van der Waals surface area contributed by atoms with E-state index in [0.29, 0.717) is 22.5 Å². The lowest BCUT2D eigenvalue weighted by atomic mass is 10.1. The van der Waals surface area contributed by atoms with E-state index in [-0.39, 0.29) is 25.1 Å². The number of esters is 1. The third-order valence-corrected chi connectivity index (χ3v) is 4.95. The predicted octanol–water partition coefficient (Wildman–Crippen LogP) is 3.36. The second-order valence-electron chi connectivity index (χ2n) is 7.62. The average Bonchev–Trinajstić information content (AvgIpc) is 3.49. The molecule has 1 fully saturated rings. The molecule has 4 rings (SSSR count). The number of hydrogen-bond donors (Lipinski definition) is 1. The molecule has 0 bridgehead atoms. The van der Waals surface area contributed by atoms with Crippen molar-refractivity contribution in [1.29, 1.82) is 0 Å². The summed E-state index contributed by atoms with van der Waals surface area (Å²) in [5.41, 5.74) is 3.02. The van der Waals surface area contributed by atoms with Crippen molar-refractivity contribution in [3.05, 3.63) is 59.4 Å². The summed E-state index contributed by atoms with van der Waals surface area (Å²) in [4.78, 5) is 29.6. The van der Waals surface area contributed by atoms with E-state index in [4.69, 9.17) is 9.72 Å². The van der Waals surface area contributed by atoms with E-state index in [0.717, 1.165) is 24.1 Å². The van der Waals surface area contributed by atoms with Crippen molar-refractivity contribution in [3.8, 4) is 0 Å². The van der Waals surface area contributed by atoms with Crippen molar-refractivity contribution in [2.45, 2.75) is 45.3 Å². The zero-order chi connectivity index (χ0) is 20.4. The van der Waals surface area contributed by atoms with E-state index in [1.165, 1.54) is 0 Å². The van der Waals surface area contributed by atoms with Gasteiger partial charge in [0.05, 0.1) is 17.1 Å². The van der Waals surface area contributed by atoms with Gasteiger partial charge in [0.2, 0.25) is 0 Å². The summed E-state index contributed by atoms with van der Waals surface area (Å²) in [6, 6.07) is 11.4. The van der Waals surface area contributed by atoms with Crippen LogP contribution in [0.15, 0.2) is 42.6 Å². The van der Waals surface area contributed by atoms with Gasteiger partial charge in [0.1, 0.15) is 13.2 Å². The highest BCUT2D eigenvalue weighted by molar-refractivity contribution is 6.06. The number of fused-ring (bicyclic) bond motifs is 1. The number of pyridine rings is 1. The van der Waals surface area contributed by atoms with Gasteiger partial charge >= 0.3 is 5.97 Å². The summed E-state index contributed by atoms with van der Waals surface area (Å²) >= 11 is 0. The summed E-state index contributed by atoms with van der Waals surface area (Å²) in [7, 11) is 0. The molecule has 0 aliphatic heterocycles. The zero-order valence-electron chi connectivity index (χ0n) is 16.6. The van der Waals surface area contributed by atoms with Crippen LogP contribution in [0.2, 0.25) is 0 Å². The number of benzene rings is 1. The topological polar surface area (TPSA) is 86.1 Å². The molecular weight excluding hydrogens is 368 g/mol. The zero-order valence-corrected chi connectivity index (χ0v) is 16.6. The molecule has 2 aromatic heterocycles. The quantitative estimate of drug-likeness (QED) is 0.623. The third kappa shape index (κ3) is 4.29. The molecule has 2 heterocycles. The van der Waals surface area contributed by atoms with Crippen molar-refractivity contribution >= 4 is 22.9 Å².